The highest BCUT2D eigenvalue weighted by Crippen LogP contribution is 2.26. The molecule has 1 aliphatic rings. The molecule has 0 bridgehead atoms. The number of hydrogen-bond donors (Lipinski definition) is 1. The van der Waals surface area contributed by atoms with Gasteiger partial charge in [0.2, 0.25) is 0 Å². The first-order valence-corrected chi connectivity index (χ1v) is 8.63. The summed E-state index contributed by atoms with van der Waals surface area (Å²) in [5, 5.41) is 13.8. The van der Waals surface area contributed by atoms with E-state index in [1.807, 2.05) is 0 Å². The lowest BCUT2D eigenvalue weighted by Crippen LogP contribution is -2.42. The zero-order valence-corrected chi connectivity index (χ0v) is 14.9. The van der Waals surface area contributed by atoms with Gasteiger partial charge >= 0.3 is 5.97 Å². The Bertz CT molecular complexity index is 643. The number of carbonyl (C=O) groups is 2. The lowest BCUT2D eigenvalue weighted by atomic mass is 9.95. The summed E-state index contributed by atoms with van der Waals surface area (Å²) in [6, 6.07) is 4.06. The summed E-state index contributed by atoms with van der Waals surface area (Å²) in [5.74, 6) is -1.11. The number of carbonyl (C=O) groups excluding carboxylic acids is 2. The van der Waals surface area contributed by atoms with E-state index in [2.05, 4.69) is 21.2 Å². The molecule has 2 rings (SSSR count). The number of amides is 1. The highest BCUT2D eigenvalue weighted by Gasteiger charge is 2.24. The molecular weight excluding hydrogens is 380 g/mol. The minimum atomic E-state index is -0.956. The van der Waals surface area contributed by atoms with Crippen LogP contribution >= 0.6 is 15.9 Å². The van der Waals surface area contributed by atoms with E-state index in [1.54, 1.807) is 0 Å². The Balaban J connectivity index is 1.96. The van der Waals surface area contributed by atoms with Crippen molar-refractivity contribution >= 4 is 33.5 Å². The van der Waals surface area contributed by atoms with Crippen LogP contribution in [0.3, 0.4) is 0 Å². The fraction of sp³-hybridized carbons (Fsp3) is 0.500. The van der Waals surface area contributed by atoms with Gasteiger partial charge in [-0.15, -0.1) is 0 Å². The number of nitro benzene ring substituents is 1. The molecule has 1 saturated carbocycles. The number of halogens is 1. The van der Waals surface area contributed by atoms with Crippen LogP contribution in [0.1, 0.15) is 49.4 Å². The summed E-state index contributed by atoms with van der Waals surface area (Å²) >= 11 is 3.05. The Hall–Kier alpha value is -1.96. The first kappa shape index (κ1) is 18.4. The quantitative estimate of drug-likeness (QED) is 0.465. The van der Waals surface area contributed by atoms with Crippen LogP contribution in [0.15, 0.2) is 22.7 Å². The average molecular weight is 399 g/mol. The second-order valence-corrected chi connectivity index (χ2v) is 6.67. The van der Waals surface area contributed by atoms with Crippen molar-refractivity contribution in [2.45, 2.75) is 51.2 Å². The number of esters is 1. The average Bonchev–Trinajstić information content (AvgIpc) is 2.55. The van der Waals surface area contributed by atoms with Gasteiger partial charge in [0.25, 0.3) is 11.6 Å². The Morgan fingerprint density at radius 3 is 2.62 bits per heavy atom. The van der Waals surface area contributed by atoms with Gasteiger partial charge in [-0.05, 0) is 47.8 Å². The number of nitrogens with zero attached hydrogens (tertiary/aromatic N) is 1. The maximum Gasteiger partial charge on any atom is 0.339 e. The number of benzene rings is 1. The van der Waals surface area contributed by atoms with Crippen molar-refractivity contribution in [1.29, 1.82) is 0 Å². The number of nitrogens with one attached hydrogen (secondary N) is 1. The summed E-state index contributed by atoms with van der Waals surface area (Å²) < 4.78 is 5.40. The summed E-state index contributed by atoms with van der Waals surface area (Å²) in [6.45, 7) is 1.49. The Morgan fingerprint density at radius 2 is 2.00 bits per heavy atom. The first-order chi connectivity index (χ1) is 11.4. The monoisotopic (exact) mass is 398 g/mol. The van der Waals surface area contributed by atoms with Crippen LogP contribution in [0.5, 0.6) is 0 Å². The van der Waals surface area contributed by atoms with Crippen molar-refractivity contribution in [3.63, 3.8) is 0 Å². The van der Waals surface area contributed by atoms with Gasteiger partial charge in [0.1, 0.15) is 0 Å². The molecule has 0 radical (unpaired) electrons. The van der Waals surface area contributed by atoms with Gasteiger partial charge in [-0.25, -0.2) is 4.79 Å². The summed E-state index contributed by atoms with van der Waals surface area (Å²) in [7, 11) is 0. The maximum atomic E-state index is 12.1. The van der Waals surface area contributed by atoms with Gasteiger partial charge < -0.3 is 10.1 Å². The molecule has 1 aromatic rings. The van der Waals surface area contributed by atoms with Gasteiger partial charge in [0.05, 0.1) is 15.0 Å². The third-order valence-corrected chi connectivity index (χ3v) is 4.65. The van der Waals surface area contributed by atoms with E-state index in [9.17, 15) is 19.7 Å². The molecule has 0 saturated heterocycles. The highest BCUT2D eigenvalue weighted by atomic mass is 79.9. The third kappa shape index (κ3) is 4.77. The van der Waals surface area contributed by atoms with E-state index in [0.717, 1.165) is 31.7 Å². The van der Waals surface area contributed by atoms with Crippen LogP contribution < -0.4 is 5.32 Å². The molecule has 24 heavy (non-hydrogen) atoms. The van der Waals surface area contributed by atoms with Crippen LogP contribution in [0.25, 0.3) is 0 Å². The fourth-order valence-electron chi connectivity index (χ4n) is 2.63. The molecule has 1 unspecified atom stereocenters. The van der Waals surface area contributed by atoms with E-state index >= 15 is 0 Å². The zero-order chi connectivity index (χ0) is 17.7. The third-order valence-electron chi connectivity index (χ3n) is 3.98. The summed E-state index contributed by atoms with van der Waals surface area (Å²) in [5.41, 5.74) is -0.203. The first-order valence-electron chi connectivity index (χ1n) is 7.84. The lowest BCUT2D eigenvalue weighted by molar-refractivity contribution is -0.385. The standard InChI is InChI=1S/C16H19BrN2O5/c1-10(15(20)18-12-5-3-2-4-6-12)24-16(21)11-7-8-13(17)14(9-11)19(22)23/h7-10,12H,2-6H2,1H3,(H,18,20). The van der Waals surface area contributed by atoms with Crippen molar-refractivity contribution < 1.29 is 19.2 Å². The molecule has 7 nitrogen and oxygen atoms in total. The lowest BCUT2D eigenvalue weighted by Gasteiger charge is -2.24. The van der Waals surface area contributed by atoms with E-state index in [4.69, 9.17) is 4.74 Å². The minimum Gasteiger partial charge on any atom is -0.449 e. The van der Waals surface area contributed by atoms with Crippen LogP contribution in [0, 0.1) is 10.1 Å². The second kappa shape index (κ2) is 8.23. The van der Waals surface area contributed by atoms with Crippen molar-refractivity contribution in [1.82, 2.24) is 5.32 Å². The molecule has 0 aromatic heterocycles. The smallest absolute Gasteiger partial charge is 0.339 e. The highest BCUT2D eigenvalue weighted by molar-refractivity contribution is 9.10. The predicted molar refractivity (Wildman–Crippen MR) is 90.7 cm³/mol. The zero-order valence-electron chi connectivity index (χ0n) is 13.3. The van der Waals surface area contributed by atoms with E-state index in [0.29, 0.717) is 0 Å². The molecule has 1 aliphatic carbocycles. The number of rotatable bonds is 5. The van der Waals surface area contributed by atoms with Crippen molar-refractivity contribution in [3.05, 3.63) is 38.3 Å². The Morgan fingerprint density at radius 1 is 1.33 bits per heavy atom. The number of hydrogen-bond acceptors (Lipinski definition) is 5. The maximum absolute atomic E-state index is 12.1. The molecule has 1 amide bonds. The summed E-state index contributed by atoms with van der Waals surface area (Å²) in [4.78, 5) is 34.5. The van der Waals surface area contributed by atoms with E-state index in [1.165, 1.54) is 25.5 Å². The van der Waals surface area contributed by atoms with Crippen LogP contribution in [-0.2, 0) is 9.53 Å². The van der Waals surface area contributed by atoms with Crippen molar-refractivity contribution in [2.24, 2.45) is 0 Å². The van der Waals surface area contributed by atoms with E-state index < -0.39 is 17.0 Å². The molecular formula is C16H19BrN2O5. The molecule has 0 spiro atoms. The van der Waals surface area contributed by atoms with Gasteiger partial charge in [-0.3, -0.25) is 14.9 Å². The van der Waals surface area contributed by atoms with Crippen LogP contribution in [-0.4, -0.2) is 28.9 Å². The predicted octanol–water partition coefficient (Wildman–Crippen LogP) is 3.35. The minimum absolute atomic E-state index is 0.0298. The second-order valence-electron chi connectivity index (χ2n) is 5.81. The van der Waals surface area contributed by atoms with Crippen molar-refractivity contribution in [2.75, 3.05) is 0 Å². The van der Waals surface area contributed by atoms with Crippen molar-refractivity contribution in [3.8, 4) is 0 Å². The SMILES string of the molecule is CC(OC(=O)c1ccc(Br)c([N+](=O)[O-])c1)C(=O)NC1CCCCC1. The van der Waals surface area contributed by atoms with Crippen LogP contribution in [0.4, 0.5) is 5.69 Å². The fourth-order valence-corrected chi connectivity index (χ4v) is 3.02. The topological polar surface area (TPSA) is 98.5 Å². The molecule has 1 aromatic carbocycles. The van der Waals surface area contributed by atoms with E-state index in [-0.39, 0.29) is 27.7 Å². The molecule has 1 atom stereocenters. The van der Waals surface area contributed by atoms with Gasteiger partial charge in [0.15, 0.2) is 6.10 Å². The Kier molecular flexibility index (Phi) is 6.30. The normalized spacial score (nSPS) is 16.2. The van der Waals surface area contributed by atoms with Gasteiger partial charge in [-0.1, -0.05) is 19.3 Å². The molecule has 130 valence electrons. The molecule has 0 heterocycles. The van der Waals surface area contributed by atoms with Gasteiger partial charge in [0, 0.05) is 12.1 Å². The molecule has 1 fully saturated rings. The largest absolute Gasteiger partial charge is 0.449 e. The molecule has 1 N–H and O–H groups in total. The molecule has 8 heteroatoms. The number of ether oxygens (including phenoxy) is 1. The summed E-state index contributed by atoms with van der Waals surface area (Å²) in [6.07, 6.45) is 4.27. The Labute approximate surface area is 148 Å². The van der Waals surface area contributed by atoms with Crippen LogP contribution in [0.2, 0.25) is 0 Å². The van der Waals surface area contributed by atoms with Gasteiger partial charge in [-0.2, -0.15) is 0 Å². The number of nitro groups is 1. The molecule has 0 aliphatic heterocycles.